The quantitative estimate of drug-likeness (QED) is 0.354. The van der Waals surface area contributed by atoms with Gasteiger partial charge in [0.05, 0.1) is 19.1 Å². The fraction of sp³-hybridized carbons (Fsp3) is 0.231. The lowest BCUT2D eigenvalue weighted by Gasteiger charge is -2.28. The van der Waals surface area contributed by atoms with E-state index in [2.05, 4.69) is 65.6 Å². The van der Waals surface area contributed by atoms with Crippen LogP contribution in [0.4, 0.5) is 0 Å². The van der Waals surface area contributed by atoms with Crippen LogP contribution in [-0.4, -0.2) is 15.0 Å². The molecule has 0 bridgehead atoms. The number of thiocarbonyl (C=S) groups is 1. The first-order chi connectivity index (χ1) is 15.4. The summed E-state index contributed by atoms with van der Waals surface area (Å²) in [6, 6.07) is 20.6. The molecule has 0 aliphatic carbocycles. The number of pyridine rings is 1. The first-order valence-electron chi connectivity index (χ1n) is 10.7. The number of aromatic amines is 1. The van der Waals surface area contributed by atoms with E-state index in [1.165, 1.54) is 21.6 Å². The Hall–Kier alpha value is -2.96. The van der Waals surface area contributed by atoms with Gasteiger partial charge in [-0.3, -0.25) is 4.79 Å². The minimum absolute atomic E-state index is 0.0649. The molecule has 1 atom stereocenters. The number of fused-ring (bicyclic) bond motifs is 1. The highest BCUT2D eigenvalue weighted by Crippen LogP contribution is 2.20. The van der Waals surface area contributed by atoms with Gasteiger partial charge in [0, 0.05) is 16.0 Å². The van der Waals surface area contributed by atoms with Crippen LogP contribution in [0.15, 0.2) is 70.8 Å². The molecule has 0 amide bonds. The van der Waals surface area contributed by atoms with Gasteiger partial charge in [-0.15, -0.1) is 11.3 Å². The van der Waals surface area contributed by atoms with Gasteiger partial charge in [0.1, 0.15) is 0 Å². The Balaban J connectivity index is 1.62. The van der Waals surface area contributed by atoms with E-state index in [0.29, 0.717) is 23.8 Å². The van der Waals surface area contributed by atoms with Gasteiger partial charge in [0.2, 0.25) is 0 Å². The molecule has 2 heterocycles. The summed E-state index contributed by atoms with van der Waals surface area (Å²) in [7, 11) is 0. The molecule has 0 spiro atoms. The van der Waals surface area contributed by atoms with E-state index in [4.69, 9.17) is 12.2 Å². The Kier molecular flexibility index (Phi) is 6.72. The highest BCUT2D eigenvalue weighted by Gasteiger charge is 2.17. The molecule has 0 unspecified atom stereocenters. The van der Waals surface area contributed by atoms with Crippen molar-refractivity contribution in [2.75, 3.05) is 0 Å². The van der Waals surface area contributed by atoms with Crippen molar-refractivity contribution in [3.63, 3.8) is 0 Å². The Morgan fingerprint density at radius 1 is 1.06 bits per heavy atom. The Labute approximate surface area is 197 Å². The third-order valence-electron chi connectivity index (χ3n) is 5.75. The van der Waals surface area contributed by atoms with E-state index < -0.39 is 0 Å². The summed E-state index contributed by atoms with van der Waals surface area (Å²) in [5, 5.41) is 7.18. The van der Waals surface area contributed by atoms with Gasteiger partial charge in [-0.05, 0) is 84.7 Å². The number of nitrogens with one attached hydrogen (secondary N) is 2. The molecule has 0 saturated heterocycles. The summed E-state index contributed by atoms with van der Waals surface area (Å²) >= 11 is 7.50. The van der Waals surface area contributed by atoms with Crippen LogP contribution in [0.2, 0.25) is 0 Å². The molecule has 0 aliphatic rings. The summed E-state index contributed by atoms with van der Waals surface area (Å²) in [5.41, 5.74) is 5.04. The van der Waals surface area contributed by atoms with Gasteiger partial charge in [-0.1, -0.05) is 36.4 Å². The predicted molar refractivity (Wildman–Crippen MR) is 138 cm³/mol. The molecular weight excluding hydrogens is 434 g/mol. The second-order valence-corrected chi connectivity index (χ2v) is 9.58. The van der Waals surface area contributed by atoms with E-state index in [1.807, 2.05) is 36.4 Å². The maximum Gasteiger partial charge on any atom is 0.253 e. The number of hydrogen-bond donors (Lipinski definition) is 2. The zero-order valence-corrected chi connectivity index (χ0v) is 20.1. The van der Waals surface area contributed by atoms with Gasteiger partial charge in [-0.25, -0.2) is 0 Å². The number of aryl methyl sites for hydroxylation is 2. The third-order valence-corrected chi connectivity index (χ3v) is 6.99. The molecule has 2 N–H and O–H groups in total. The fourth-order valence-corrected chi connectivity index (χ4v) is 4.76. The highest BCUT2D eigenvalue weighted by atomic mass is 32.1. The highest BCUT2D eigenvalue weighted by molar-refractivity contribution is 7.80. The zero-order chi connectivity index (χ0) is 22.7. The van der Waals surface area contributed by atoms with Crippen molar-refractivity contribution in [1.82, 2.24) is 15.2 Å². The summed E-state index contributed by atoms with van der Waals surface area (Å²) in [6.07, 6.45) is 0. The number of thiophene rings is 1. The van der Waals surface area contributed by atoms with Gasteiger partial charge in [0.25, 0.3) is 5.56 Å². The smallest absolute Gasteiger partial charge is 0.253 e. The second kappa shape index (κ2) is 9.67. The van der Waals surface area contributed by atoms with E-state index >= 15 is 0 Å². The fourth-order valence-electron chi connectivity index (χ4n) is 3.74. The van der Waals surface area contributed by atoms with E-state index in [0.717, 1.165) is 10.9 Å². The van der Waals surface area contributed by atoms with Crippen molar-refractivity contribution in [3.05, 3.63) is 104 Å². The number of hydrogen-bond acceptors (Lipinski definition) is 3. The third kappa shape index (κ3) is 5.09. The Morgan fingerprint density at radius 3 is 2.53 bits per heavy atom. The first-order valence-corrected chi connectivity index (χ1v) is 12.0. The predicted octanol–water partition coefficient (Wildman–Crippen LogP) is 5.84. The van der Waals surface area contributed by atoms with Crippen LogP contribution in [0.1, 0.15) is 40.1 Å². The lowest BCUT2D eigenvalue weighted by atomic mass is 10.0. The van der Waals surface area contributed by atoms with Crippen molar-refractivity contribution in [3.8, 4) is 0 Å². The van der Waals surface area contributed by atoms with E-state index in [1.54, 1.807) is 11.3 Å². The van der Waals surface area contributed by atoms with E-state index in [9.17, 15) is 4.79 Å². The van der Waals surface area contributed by atoms with Crippen molar-refractivity contribution < 1.29 is 0 Å². The average Bonchev–Trinajstić information content (AvgIpc) is 3.29. The van der Waals surface area contributed by atoms with Gasteiger partial charge in [-0.2, -0.15) is 0 Å². The van der Waals surface area contributed by atoms with Gasteiger partial charge in [0.15, 0.2) is 5.11 Å². The van der Waals surface area contributed by atoms with Crippen LogP contribution >= 0.6 is 23.6 Å². The number of aromatic nitrogens is 1. The molecule has 6 heteroatoms. The van der Waals surface area contributed by atoms with Crippen LogP contribution in [0.25, 0.3) is 10.9 Å². The maximum absolute atomic E-state index is 12.9. The number of H-pyrrole nitrogens is 1. The minimum atomic E-state index is -0.0733. The molecule has 2 aromatic carbocycles. The number of nitrogens with zero attached hydrogens (tertiary/aromatic N) is 1. The van der Waals surface area contributed by atoms with Crippen LogP contribution in [0.5, 0.6) is 0 Å². The summed E-state index contributed by atoms with van der Waals surface area (Å²) in [5.74, 6) is 0. The lowest BCUT2D eigenvalue weighted by Crippen LogP contribution is -2.40. The molecule has 4 aromatic rings. The van der Waals surface area contributed by atoms with Crippen LogP contribution in [0, 0.1) is 13.8 Å². The molecule has 0 saturated carbocycles. The SMILES string of the molecule is Cc1cc2cc(CN(Cc3cccs3)C(=S)N[C@H](C)c3ccccc3)c(=O)[nH]c2cc1C. The second-order valence-electron chi connectivity index (χ2n) is 8.16. The summed E-state index contributed by atoms with van der Waals surface area (Å²) in [4.78, 5) is 19.2. The molecule has 32 heavy (non-hydrogen) atoms. The summed E-state index contributed by atoms with van der Waals surface area (Å²) in [6.45, 7) is 7.33. The molecule has 164 valence electrons. The number of rotatable bonds is 6. The molecule has 0 aliphatic heterocycles. The van der Waals surface area contributed by atoms with Crippen molar-refractivity contribution in [2.45, 2.75) is 39.9 Å². The van der Waals surface area contributed by atoms with Gasteiger partial charge >= 0.3 is 0 Å². The topological polar surface area (TPSA) is 48.1 Å². The van der Waals surface area contributed by atoms with Crippen molar-refractivity contribution in [2.24, 2.45) is 0 Å². The number of benzene rings is 2. The minimum Gasteiger partial charge on any atom is -0.356 e. The molecule has 4 nitrogen and oxygen atoms in total. The molecule has 0 fully saturated rings. The maximum atomic E-state index is 12.9. The molecule has 0 radical (unpaired) electrons. The van der Waals surface area contributed by atoms with Crippen LogP contribution < -0.4 is 10.9 Å². The van der Waals surface area contributed by atoms with Crippen molar-refractivity contribution in [1.29, 1.82) is 0 Å². The molecular formula is C26H27N3OS2. The first kappa shape index (κ1) is 22.2. The normalized spacial score (nSPS) is 12.0. The van der Waals surface area contributed by atoms with Crippen LogP contribution in [0.3, 0.4) is 0 Å². The van der Waals surface area contributed by atoms with Crippen LogP contribution in [-0.2, 0) is 13.1 Å². The average molecular weight is 462 g/mol. The summed E-state index contributed by atoms with van der Waals surface area (Å²) < 4.78 is 0. The standard InChI is InChI=1S/C26H27N3OS2/c1-17-12-21-14-22(25(30)28-24(21)13-18(17)2)15-29(16-23-10-7-11-32-23)26(31)27-19(3)20-8-5-4-6-9-20/h4-14,19H,15-16H2,1-3H3,(H,27,31)(H,28,30)/t19-/m1/s1. The molecule has 2 aromatic heterocycles. The Morgan fingerprint density at radius 2 is 1.81 bits per heavy atom. The van der Waals surface area contributed by atoms with Gasteiger partial charge < -0.3 is 15.2 Å². The monoisotopic (exact) mass is 461 g/mol. The largest absolute Gasteiger partial charge is 0.356 e. The van der Waals surface area contributed by atoms with E-state index in [-0.39, 0.29) is 11.6 Å². The lowest BCUT2D eigenvalue weighted by molar-refractivity contribution is 0.395. The Bertz CT molecular complexity index is 1280. The van der Waals surface area contributed by atoms with Crippen molar-refractivity contribution >= 4 is 39.6 Å². The molecule has 4 rings (SSSR count). The zero-order valence-electron chi connectivity index (χ0n) is 18.5.